The van der Waals surface area contributed by atoms with Crippen molar-refractivity contribution in [1.29, 1.82) is 0 Å². The number of thiazole rings is 1. The van der Waals surface area contributed by atoms with Gasteiger partial charge < -0.3 is 10.6 Å². The Bertz CT molecular complexity index is 681. The van der Waals surface area contributed by atoms with Crippen LogP contribution in [0.25, 0.3) is 0 Å². The number of guanidine groups is 1. The Hall–Kier alpha value is -1.95. The standard InChI is InChI=1S/C18H25FN4S/c1-4-16-12-23-17(24-16)8-10-22-18(20-3)21-9-7-14-5-6-15(19)11-13(14)2/h5-6,11-12H,4,7-10H2,1-3H3,(H2,20,21,22). The summed E-state index contributed by atoms with van der Waals surface area (Å²) in [7, 11) is 1.76. The molecule has 24 heavy (non-hydrogen) atoms. The van der Waals surface area contributed by atoms with Crippen molar-refractivity contribution in [2.45, 2.75) is 33.1 Å². The third kappa shape index (κ3) is 5.60. The molecule has 6 heteroatoms. The van der Waals surface area contributed by atoms with Crippen LogP contribution in [0.15, 0.2) is 29.4 Å². The van der Waals surface area contributed by atoms with E-state index in [-0.39, 0.29) is 5.82 Å². The second-order valence-electron chi connectivity index (χ2n) is 5.57. The van der Waals surface area contributed by atoms with Gasteiger partial charge in [0.25, 0.3) is 0 Å². The average molecular weight is 348 g/mol. The lowest BCUT2D eigenvalue weighted by Crippen LogP contribution is -2.39. The van der Waals surface area contributed by atoms with E-state index in [0.29, 0.717) is 0 Å². The zero-order valence-corrected chi connectivity index (χ0v) is 15.3. The van der Waals surface area contributed by atoms with Crippen LogP contribution < -0.4 is 10.6 Å². The molecule has 1 aromatic carbocycles. The van der Waals surface area contributed by atoms with Crippen molar-refractivity contribution >= 4 is 17.3 Å². The summed E-state index contributed by atoms with van der Waals surface area (Å²) in [6, 6.07) is 4.92. The minimum Gasteiger partial charge on any atom is -0.356 e. The molecule has 0 bridgehead atoms. The van der Waals surface area contributed by atoms with Gasteiger partial charge in [-0.2, -0.15) is 0 Å². The summed E-state index contributed by atoms with van der Waals surface area (Å²) in [5.74, 6) is 0.595. The number of aryl methyl sites for hydroxylation is 2. The number of aliphatic imine (C=N–C) groups is 1. The van der Waals surface area contributed by atoms with E-state index >= 15 is 0 Å². The summed E-state index contributed by atoms with van der Waals surface area (Å²) >= 11 is 1.77. The predicted octanol–water partition coefficient (Wildman–Crippen LogP) is 3.10. The lowest BCUT2D eigenvalue weighted by molar-refractivity contribution is 0.625. The van der Waals surface area contributed by atoms with Crippen LogP contribution in [-0.2, 0) is 19.3 Å². The zero-order chi connectivity index (χ0) is 17.4. The Balaban J connectivity index is 1.72. The van der Waals surface area contributed by atoms with E-state index in [2.05, 4.69) is 27.5 Å². The Labute approximate surface area is 147 Å². The minimum absolute atomic E-state index is 0.185. The molecule has 4 nitrogen and oxygen atoms in total. The lowest BCUT2D eigenvalue weighted by Gasteiger charge is -2.12. The molecule has 130 valence electrons. The predicted molar refractivity (Wildman–Crippen MR) is 99.4 cm³/mol. The van der Waals surface area contributed by atoms with Crippen molar-refractivity contribution in [3.8, 4) is 0 Å². The molecule has 0 aliphatic carbocycles. The van der Waals surface area contributed by atoms with Crippen molar-refractivity contribution in [3.05, 3.63) is 51.2 Å². The van der Waals surface area contributed by atoms with E-state index in [0.717, 1.165) is 54.4 Å². The van der Waals surface area contributed by atoms with Crippen LogP contribution in [0.4, 0.5) is 4.39 Å². The quantitative estimate of drug-likeness (QED) is 0.597. The number of hydrogen-bond donors (Lipinski definition) is 2. The van der Waals surface area contributed by atoms with Gasteiger partial charge >= 0.3 is 0 Å². The van der Waals surface area contributed by atoms with Crippen molar-refractivity contribution < 1.29 is 4.39 Å². The molecule has 0 aliphatic rings. The largest absolute Gasteiger partial charge is 0.356 e. The molecule has 2 N–H and O–H groups in total. The van der Waals surface area contributed by atoms with Crippen LogP contribution in [-0.4, -0.2) is 31.1 Å². The Kier molecular flexibility index (Phi) is 7.18. The van der Waals surface area contributed by atoms with Gasteiger partial charge in [0.15, 0.2) is 5.96 Å². The molecule has 0 saturated heterocycles. The molecule has 1 heterocycles. The van der Waals surface area contributed by atoms with Gasteiger partial charge in [0.2, 0.25) is 0 Å². The number of nitrogens with zero attached hydrogens (tertiary/aromatic N) is 2. The molecule has 1 aromatic heterocycles. The number of rotatable bonds is 7. The first-order valence-corrected chi connectivity index (χ1v) is 9.07. The van der Waals surface area contributed by atoms with E-state index in [1.807, 2.05) is 19.2 Å². The summed E-state index contributed by atoms with van der Waals surface area (Å²) < 4.78 is 13.1. The summed E-state index contributed by atoms with van der Waals surface area (Å²) in [6.45, 7) is 5.63. The summed E-state index contributed by atoms with van der Waals surface area (Å²) in [4.78, 5) is 9.96. The molecule has 0 amide bonds. The average Bonchev–Trinajstić information content (AvgIpc) is 3.03. The molecular formula is C18H25FN4S. The molecule has 0 unspecified atom stereocenters. The maximum Gasteiger partial charge on any atom is 0.191 e. The highest BCUT2D eigenvalue weighted by molar-refractivity contribution is 7.11. The highest BCUT2D eigenvalue weighted by atomic mass is 32.1. The molecule has 0 saturated carbocycles. The van der Waals surface area contributed by atoms with Gasteiger partial charge in [-0.05, 0) is 43.0 Å². The fourth-order valence-electron chi connectivity index (χ4n) is 2.39. The summed E-state index contributed by atoms with van der Waals surface area (Å²) in [5.41, 5.74) is 2.13. The Morgan fingerprint density at radius 3 is 2.62 bits per heavy atom. The van der Waals surface area contributed by atoms with Crippen molar-refractivity contribution in [2.24, 2.45) is 4.99 Å². The van der Waals surface area contributed by atoms with Gasteiger partial charge in [-0.3, -0.25) is 4.99 Å². The van der Waals surface area contributed by atoms with E-state index in [1.165, 1.54) is 10.9 Å². The smallest absolute Gasteiger partial charge is 0.191 e. The normalized spacial score (nSPS) is 11.6. The lowest BCUT2D eigenvalue weighted by atomic mass is 10.1. The number of benzene rings is 1. The molecule has 0 radical (unpaired) electrons. The van der Waals surface area contributed by atoms with Crippen LogP contribution >= 0.6 is 11.3 Å². The first-order chi connectivity index (χ1) is 11.6. The Morgan fingerprint density at radius 1 is 1.25 bits per heavy atom. The topological polar surface area (TPSA) is 49.3 Å². The second-order valence-corrected chi connectivity index (χ2v) is 6.77. The first-order valence-electron chi connectivity index (χ1n) is 8.25. The number of hydrogen-bond acceptors (Lipinski definition) is 3. The molecule has 0 atom stereocenters. The summed E-state index contributed by atoms with van der Waals surface area (Å²) in [5, 5.41) is 7.74. The Morgan fingerprint density at radius 2 is 2.00 bits per heavy atom. The van der Waals surface area contributed by atoms with Crippen LogP contribution in [0, 0.1) is 12.7 Å². The number of aromatic nitrogens is 1. The van der Waals surface area contributed by atoms with Crippen LogP contribution in [0.1, 0.15) is 27.9 Å². The van der Waals surface area contributed by atoms with Gasteiger partial charge in [-0.1, -0.05) is 13.0 Å². The van der Waals surface area contributed by atoms with Crippen molar-refractivity contribution in [3.63, 3.8) is 0 Å². The van der Waals surface area contributed by atoms with Crippen molar-refractivity contribution in [2.75, 3.05) is 20.1 Å². The highest BCUT2D eigenvalue weighted by Gasteiger charge is 2.03. The molecule has 0 aliphatic heterocycles. The molecule has 0 fully saturated rings. The maximum absolute atomic E-state index is 13.1. The molecule has 0 spiro atoms. The molecular weight excluding hydrogens is 323 g/mol. The SMILES string of the molecule is CCc1cnc(CCNC(=NC)NCCc2ccc(F)cc2C)s1. The fraction of sp³-hybridized carbons (Fsp3) is 0.444. The van der Waals surface area contributed by atoms with E-state index in [1.54, 1.807) is 24.5 Å². The zero-order valence-electron chi connectivity index (χ0n) is 14.5. The van der Waals surface area contributed by atoms with E-state index in [4.69, 9.17) is 0 Å². The molecule has 2 rings (SSSR count). The van der Waals surface area contributed by atoms with Gasteiger partial charge in [0.1, 0.15) is 5.82 Å². The van der Waals surface area contributed by atoms with Crippen LogP contribution in [0.5, 0.6) is 0 Å². The number of nitrogens with one attached hydrogen (secondary N) is 2. The van der Waals surface area contributed by atoms with Gasteiger partial charge in [-0.25, -0.2) is 9.37 Å². The van der Waals surface area contributed by atoms with Crippen LogP contribution in [0.3, 0.4) is 0 Å². The third-order valence-corrected chi connectivity index (χ3v) is 5.00. The minimum atomic E-state index is -0.185. The van der Waals surface area contributed by atoms with Crippen molar-refractivity contribution in [1.82, 2.24) is 15.6 Å². The highest BCUT2D eigenvalue weighted by Crippen LogP contribution is 2.13. The first kappa shape index (κ1) is 18.4. The van der Waals surface area contributed by atoms with Gasteiger partial charge in [0.05, 0.1) is 5.01 Å². The van der Waals surface area contributed by atoms with Crippen LogP contribution in [0.2, 0.25) is 0 Å². The second kappa shape index (κ2) is 9.37. The molecule has 2 aromatic rings. The monoisotopic (exact) mass is 348 g/mol. The van der Waals surface area contributed by atoms with E-state index < -0.39 is 0 Å². The van der Waals surface area contributed by atoms with E-state index in [9.17, 15) is 4.39 Å². The third-order valence-electron chi connectivity index (χ3n) is 3.80. The maximum atomic E-state index is 13.1. The summed E-state index contributed by atoms with van der Waals surface area (Å²) in [6.07, 6.45) is 4.72. The number of halogens is 1. The van der Waals surface area contributed by atoms with Gasteiger partial charge in [-0.15, -0.1) is 11.3 Å². The fourth-order valence-corrected chi connectivity index (χ4v) is 3.25. The van der Waals surface area contributed by atoms with Gasteiger partial charge in [0, 0.05) is 37.6 Å².